The summed E-state index contributed by atoms with van der Waals surface area (Å²) in [6.45, 7) is 4.40. The van der Waals surface area contributed by atoms with E-state index in [2.05, 4.69) is 34.8 Å². The number of aryl methyl sites for hydroxylation is 1. The molecule has 0 aliphatic heterocycles. The largest absolute Gasteiger partial charge is 0.245 e. The second-order valence-electron chi connectivity index (χ2n) is 3.00. The van der Waals surface area contributed by atoms with Gasteiger partial charge in [-0.15, -0.1) is 11.3 Å². The van der Waals surface area contributed by atoms with Crippen LogP contribution in [-0.4, -0.2) is 10.7 Å². The monoisotopic (exact) mass is 293 g/mol. The second kappa shape index (κ2) is 6.85. The minimum Gasteiger partial charge on any atom is -0.245 e. The van der Waals surface area contributed by atoms with Crippen molar-refractivity contribution < 1.29 is 0 Å². The first kappa shape index (κ1) is 12.5. The van der Waals surface area contributed by atoms with Gasteiger partial charge < -0.3 is 0 Å². The van der Waals surface area contributed by atoms with Crippen LogP contribution in [0.5, 0.6) is 0 Å². The highest BCUT2D eigenvalue weighted by Crippen LogP contribution is 2.25. The summed E-state index contributed by atoms with van der Waals surface area (Å²) in [6.07, 6.45) is 2.30. The number of rotatable bonds is 6. The Bertz CT molecular complexity index is 273. The molecule has 80 valence electrons. The van der Waals surface area contributed by atoms with Gasteiger partial charge in [-0.25, -0.2) is 4.98 Å². The molecule has 0 atom stereocenters. The van der Waals surface area contributed by atoms with E-state index in [0.29, 0.717) is 0 Å². The predicted molar refractivity (Wildman–Crippen MR) is 70.6 cm³/mol. The fourth-order valence-electron chi connectivity index (χ4n) is 1.22. The maximum Gasteiger partial charge on any atom is 0.103 e. The molecular weight excluding hydrogens is 278 g/mol. The second-order valence-corrected chi connectivity index (χ2v) is 6.00. The third-order valence-corrected chi connectivity index (χ3v) is 4.96. The molecule has 0 N–H and O–H groups in total. The lowest BCUT2D eigenvalue weighted by atomic mass is 10.2. The van der Waals surface area contributed by atoms with E-state index in [9.17, 15) is 0 Å². The Hall–Kier alpha value is 0.460. The van der Waals surface area contributed by atoms with Gasteiger partial charge in [0, 0.05) is 16.0 Å². The Kier molecular flexibility index (Phi) is 6.13. The molecule has 0 amide bonds. The predicted octanol–water partition coefficient (Wildman–Crippen LogP) is 4.24. The van der Waals surface area contributed by atoms with Gasteiger partial charge in [0.25, 0.3) is 0 Å². The summed E-state index contributed by atoms with van der Waals surface area (Å²) in [5, 5.41) is 2.24. The molecular formula is C10H16BrNS2. The molecule has 1 aromatic rings. The highest BCUT2D eigenvalue weighted by molar-refractivity contribution is 9.08. The molecule has 1 nitrogen and oxygen atoms in total. The molecule has 0 aliphatic rings. The molecule has 0 aliphatic carbocycles. The van der Waals surface area contributed by atoms with Crippen molar-refractivity contribution in [1.82, 2.24) is 4.98 Å². The van der Waals surface area contributed by atoms with Crippen molar-refractivity contribution in [1.29, 1.82) is 0 Å². The summed E-state index contributed by atoms with van der Waals surface area (Å²) >= 11 is 7.33. The van der Waals surface area contributed by atoms with Gasteiger partial charge in [-0.2, -0.15) is 11.8 Å². The molecule has 0 radical (unpaired) electrons. The zero-order chi connectivity index (χ0) is 10.4. The molecule has 1 aromatic heterocycles. The van der Waals surface area contributed by atoms with Crippen molar-refractivity contribution in [2.75, 3.05) is 5.75 Å². The fraction of sp³-hybridized carbons (Fsp3) is 0.700. The van der Waals surface area contributed by atoms with E-state index in [0.717, 1.165) is 17.5 Å². The van der Waals surface area contributed by atoms with Crippen LogP contribution in [0.3, 0.4) is 0 Å². The van der Waals surface area contributed by atoms with Crippen molar-refractivity contribution in [3.05, 3.63) is 15.6 Å². The molecule has 0 aromatic carbocycles. The lowest BCUT2D eigenvalue weighted by Crippen LogP contribution is -1.88. The summed E-state index contributed by atoms with van der Waals surface area (Å²) in [4.78, 5) is 6.09. The average Bonchev–Trinajstić information content (AvgIpc) is 2.58. The van der Waals surface area contributed by atoms with Crippen LogP contribution in [0, 0.1) is 0 Å². The summed E-state index contributed by atoms with van der Waals surface area (Å²) < 4.78 is 0. The van der Waals surface area contributed by atoms with Gasteiger partial charge >= 0.3 is 0 Å². The van der Waals surface area contributed by atoms with E-state index in [1.807, 2.05) is 23.1 Å². The van der Waals surface area contributed by atoms with E-state index in [1.54, 1.807) is 0 Å². The van der Waals surface area contributed by atoms with Crippen LogP contribution >= 0.6 is 39.0 Å². The zero-order valence-corrected chi connectivity index (χ0v) is 11.9. The Balaban J connectivity index is 2.67. The van der Waals surface area contributed by atoms with Crippen molar-refractivity contribution in [2.24, 2.45) is 0 Å². The van der Waals surface area contributed by atoms with Crippen molar-refractivity contribution in [2.45, 2.75) is 37.8 Å². The third kappa shape index (κ3) is 3.55. The molecule has 0 fully saturated rings. The molecule has 0 bridgehead atoms. The average molecular weight is 294 g/mol. The molecule has 0 spiro atoms. The number of thioether (sulfide) groups is 1. The number of halogens is 1. The summed E-state index contributed by atoms with van der Waals surface area (Å²) in [6, 6.07) is 0. The molecule has 0 unspecified atom stereocenters. The molecule has 0 saturated carbocycles. The van der Waals surface area contributed by atoms with Crippen LogP contribution in [0.15, 0.2) is 0 Å². The maximum atomic E-state index is 4.68. The molecule has 14 heavy (non-hydrogen) atoms. The first-order valence-electron chi connectivity index (χ1n) is 4.92. The number of nitrogens with zero attached hydrogens (tertiary/aromatic N) is 1. The van der Waals surface area contributed by atoms with E-state index in [4.69, 9.17) is 0 Å². The fourth-order valence-corrected chi connectivity index (χ4v) is 3.58. The molecule has 1 rings (SSSR count). The van der Waals surface area contributed by atoms with E-state index >= 15 is 0 Å². The highest BCUT2D eigenvalue weighted by Gasteiger charge is 2.08. The first-order valence-corrected chi connectivity index (χ1v) is 8.02. The Morgan fingerprint density at radius 2 is 2.21 bits per heavy atom. The summed E-state index contributed by atoms with van der Waals surface area (Å²) in [7, 11) is 0. The SMILES string of the molecule is CCCc1nc(CSCC)sc1CBr. The van der Waals surface area contributed by atoms with E-state index in [1.165, 1.54) is 27.8 Å². The topological polar surface area (TPSA) is 12.9 Å². The van der Waals surface area contributed by atoms with Gasteiger partial charge in [0.2, 0.25) is 0 Å². The van der Waals surface area contributed by atoms with Gasteiger partial charge in [-0.05, 0) is 12.2 Å². The van der Waals surface area contributed by atoms with E-state index in [-0.39, 0.29) is 0 Å². The lowest BCUT2D eigenvalue weighted by Gasteiger charge is -1.94. The molecule has 4 heteroatoms. The smallest absolute Gasteiger partial charge is 0.103 e. The van der Waals surface area contributed by atoms with Crippen LogP contribution in [0.2, 0.25) is 0 Å². The Morgan fingerprint density at radius 1 is 1.43 bits per heavy atom. The van der Waals surface area contributed by atoms with Crippen LogP contribution in [0.1, 0.15) is 35.8 Å². The maximum absolute atomic E-state index is 4.68. The number of alkyl halides is 1. The van der Waals surface area contributed by atoms with Gasteiger partial charge in [-0.1, -0.05) is 36.2 Å². The molecule has 1 heterocycles. The quantitative estimate of drug-likeness (QED) is 0.728. The number of thiazole rings is 1. The minimum absolute atomic E-state index is 0.955. The number of hydrogen-bond donors (Lipinski definition) is 0. The van der Waals surface area contributed by atoms with Crippen LogP contribution in [0.4, 0.5) is 0 Å². The Morgan fingerprint density at radius 3 is 2.79 bits per heavy atom. The number of hydrogen-bond acceptors (Lipinski definition) is 3. The van der Waals surface area contributed by atoms with E-state index < -0.39 is 0 Å². The van der Waals surface area contributed by atoms with Crippen LogP contribution in [-0.2, 0) is 17.5 Å². The van der Waals surface area contributed by atoms with Crippen LogP contribution < -0.4 is 0 Å². The third-order valence-electron chi connectivity index (χ3n) is 1.86. The Labute approximate surface area is 103 Å². The normalized spacial score (nSPS) is 10.8. The number of aromatic nitrogens is 1. The summed E-state index contributed by atoms with van der Waals surface area (Å²) in [5.41, 5.74) is 1.31. The first-order chi connectivity index (χ1) is 6.81. The summed E-state index contributed by atoms with van der Waals surface area (Å²) in [5.74, 6) is 2.25. The van der Waals surface area contributed by atoms with Gasteiger partial charge in [0.15, 0.2) is 0 Å². The highest BCUT2D eigenvalue weighted by atomic mass is 79.9. The lowest BCUT2D eigenvalue weighted by molar-refractivity contribution is 0.878. The van der Waals surface area contributed by atoms with Gasteiger partial charge in [0.1, 0.15) is 5.01 Å². The van der Waals surface area contributed by atoms with Crippen molar-refractivity contribution in [3.63, 3.8) is 0 Å². The minimum atomic E-state index is 0.955. The standard InChI is InChI=1S/C10H16BrNS2/c1-3-5-8-9(6-11)14-10(12-8)7-13-4-2/h3-7H2,1-2H3. The van der Waals surface area contributed by atoms with Gasteiger partial charge in [0.05, 0.1) is 5.69 Å². The van der Waals surface area contributed by atoms with Crippen molar-refractivity contribution >= 4 is 39.0 Å². The zero-order valence-electron chi connectivity index (χ0n) is 8.68. The van der Waals surface area contributed by atoms with Gasteiger partial charge in [-0.3, -0.25) is 0 Å². The molecule has 0 saturated heterocycles. The van der Waals surface area contributed by atoms with Crippen molar-refractivity contribution in [3.8, 4) is 0 Å². The van der Waals surface area contributed by atoms with Crippen LogP contribution in [0.25, 0.3) is 0 Å².